The monoisotopic (exact) mass is 397 g/mol. The Morgan fingerprint density at radius 3 is 2.66 bits per heavy atom. The summed E-state index contributed by atoms with van der Waals surface area (Å²) >= 11 is 0. The van der Waals surface area contributed by atoms with E-state index in [1.807, 2.05) is 56.3 Å². The quantitative estimate of drug-likeness (QED) is 0.475. The third kappa shape index (κ3) is 7.81. The molecule has 0 spiro atoms. The second kappa shape index (κ2) is 12.4. The summed E-state index contributed by atoms with van der Waals surface area (Å²) in [6.45, 7) is 6.54. The number of benzene rings is 1. The minimum atomic E-state index is 0.00116. The van der Waals surface area contributed by atoms with Crippen LogP contribution in [0.5, 0.6) is 5.75 Å². The maximum Gasteiger partial charge on any atom is 0.241 e. The molecule has 0 aliphatic carbocycles. The smallest absolute Gasteiger partial charge is 0.241 e. The number of likely N-dealkylation sites (N-methyl/N-ethyl adjacent to an activating group) is 1. The largest absolute Gasteiger partial charge is 0.494 e. The Balaban J connectivity index is 1.87. The minimum Gasteiger partial charge on any atom is -0.494 e. The van der Waals surface area contributed by atoms with E-state index in [4.69, 9.17) is 4.74 Å². The number of amides is 1. The molecule has 0 aliphatic heterocycles. The Hall–Kier alpha value is -3.09. The van der Waals surface area contributed by atoms with E-state index in [1.165, 1.54) is 0 Å². The number of nitrogens with zero attached hydrogens (tertiary/aromatic N) is 3. The number of carbonyl (C=O) groups is 1. The van der Waals surface area contributed by atoms with Crippen LogP contribution in [0, 0.1) is 0 Å². The second-order valence-electron chi connectivity index (χ2n) is 6.48. The molecule has 1 heterocycles. The molecule has 0 bridgehead atoms. The summed E-state index contributed by atoms with van der Waals surface area (Å²) in [5, 5.41) is 6.29. The van der Waals surface area contributed by atoms with Gasteiger partial charge in [-0.2, -0.15) is 0 Å². The van der Waals surface area contributed by atoms with Gasteiger partial charge in [-0.05, 0) is 32.0 Å². The summed E-state index contributed by atoms with van der Waals surface area (Å²) in [4.78, 5) is 23.0. The Morgan fingerprint density at radius 1 is 1.14 bits per heavy atom. The first-order valence-electron chi connectivity index (χ1n) is 10.0. The summed E-state index contributed by atoms with van der Waals surface area (Å²) in [5.41, 5.74) is 1.98. The Morgan fingerprint density at radius 2 is 1.93 bits per heavy atom. The van der Waals surface area contributed by atoms with Crippen molar-refractivity contribution in [3.05, 3.63) is 59.9 Å². The van der Waals surface area contributed by atoms with E-state index in [1.54, 1.807) is 18.1 Å². The normalized spacial score (nSPS) is 11.1. The summed E-state index contributed by atoms with van der Waals surface area (Å²) in [6.07, 6.45) is 2.49. The Kier molecular flexibility index (Phi) is 9.48. The summed E-state index contributed by atoms with van der Waals surface area (Å²) in [6, 6.07) is 13.6. The van der Waals surface area contributed by atoms with Crippen LogP contribution in [-0.2, 0) is 17.8 Å². The molecule has 1 aromatic carbocycles. The van der Waals surface area contributed by atoms with Crippen molar-refractivity contribution in [3.63, 3.8) is 0 Å². The number of nitrogens with one attached hydrogen (secondary N) is 2. The van der Waals surface area contributed by atoms with Crippen LogP contribution in [0.3, 0.4) is 0 Å². The van der Waals surface area contributed by atoms with E-state index in [-0.39, 0.29) is 12.5 Å². The number of aromatic nitrogens is 1. The van der Waals surface area contributed by atoms with Gasteiger partial charge in [0.25, 0.3) is 0 Å². The molecule has 0 radical (unpaired) electrons. The first-order chi connectivity index (χ1) is 14.1. The Labute approximate surface area is 173 Å². The van der Waals surface area contributed by atoms with E-state index in [0.717, 1.165) is 23.4 Å². The number of carbonyl (C=O) groups excluding carboxylic acids is 1. The molecule has 0 fully saturated rings. The first-order valence-corrected chi connectivity index (χ1v) is 10.0. The molecule has 7 nitrogen and oxygen atoms in total. The van der Waals surface area contributed by atoms with Crippen molar-refractivity contribution < 1.29 is 9.53 Å². The van der Waals surface area contributed by atoms with E-state index in [2.05, 4.69) is 20.6 Å². The van der Waals surface area contributed by atoms with Crippen LogP contribution in [-0.4, -0.2) is 55.0 Å². The number of para-hydroxylation sites is 1. The molecule has 1 aromatic heterocycles. The average molecular weight is 398 g/mol. The lowest BCUT2D eigenvalue weighted by Crippen LogP contribution is -2.44. The molecule has 0 atom stereocenters. The van der Waals surface area contributed by atoms with Crippen molar-refractivity contribution in [2.45, 2.75) is 26.8 Å². The highest BCUT2D eigenvalue weighted by atomic mass is 16.5. The lowest BCUT2D eigenvalue weighted by atomic mass is 10.2. The van der Waals surface area contributed by atoms with Gasteiger partial charge in [-0.15, -0.1) is 0 Å². The van der Waals surface area contributed by atoms with Crippen molar-refractivity contribution in [2.24, 2.45) is 4.99 Å². The van der Waals surface area contributed by atoms with Crippen molar-refractivity contribution >= 4 is 11.9 Å². The SMILES string of the molecule is CCNC(=NCc1ccccc1OCC)NCC(=O)N(C)CCc1ccccn1. The van der Waals surface area contributed by atoms with Crippen LogP contribution in [0.15, 0.2) is 53.7 Å². The van der Waals surface area contributed by atoms with Crippen LogP contribution in [0.1, 0.15) is 25.1 Å². The van der Waals surface area contributed by atoms with Gasteiger partial charge in [-0.25, -0.2) is 4.99 Å². The third-order valence-corrected chi connectivity index (χ3v) is 4.29. The van der Waals surface area contributed by atoms with Gasteiger partial charge in [0.05, 0.1) is 19.7 Å². The van der Waals surface area contributed by atoms with Crippen LogP contribution >= 0.6 is 0 Å². The maximum atomic E-state index is 12.4. The zero-order valence-electron chi connectivity index (χ0n) is 17.5. The predicted octanol–water partition coefficient (Wildman–Crippen LogP) is 2.24. The topological polar surface area (TPSA) is 78.9 Å². The highest BCUT2D eigenvalue weighted by Gasteiger charge is 2.10. The second-order valence-corrected chi connectivity index (χ2v) is 6.48. The van der Waals surface area contributed by atoms with Crippen LogP contribution < -0.4 is 15.4 Å². The van der Waals surface area contributed by atoms with Crippen molar-refractivity contribution in [3.8, 4) is 5.75 Å². The van der Waals surface area contributed by atoms with Gasteiger partial charge in [0.2, 0.25) is 5.91 Å². The zero-order valence-corrected chi connectivity index (χ0v) is 17.5. The molecule has 2 aromatic rings. The summed E-state index contributed by atoms with van der Waals surface area (Å²) < 4.78 is 5.65. The van der Waals surface area contributed by atoms with Gasteiger partial charge in [0.1, 0.15) is 5.75 Å². The fourth-order valence-corrected chi connectivity index (χ4v) is 2.68. The standard InChI is InChI=1S/C22H31N5O2/c1-4-23-22(25-16-18-10-6-7-12-20(18)29-5-2)26-17-21(28)27(3)15-13-19-11-8-9-14-24-19/h6-12,14H,4-5,13,15-17H2,1-3H3,(H2,23,25,26). The van der Waals surface area contributed by atoms with Gasteiger partial charge in [-0.3, -0.25) is 9.78 Å². The maximum absolute atomic E-state index is 12.4. The number of guanidine groups is 1. The minimum absolute atomic E-state index is 0.00116. The van der Waals surface area contributed by atoms with Gasteiger partial charge in [0, 0.05) is 44.0 Å². The number of aliphatic imine (C=N–C) groups is 1. The molecule has 1 amide bonds. The van der Waals surface area contributed by atoms with Gasteiger partial charge < -0.3 is 20.3 Å². The number of hydrogen-bond donors (Lipinski definition) is 2. The number of rotatable bonds is 10. The average Bonchev–Trinajstić information content (AvgIpc) is 2.75. The molecule has 7 heteroatoms. The highest BCUT2D eigenvalue weighted by Crippen LogP contribution is 2.18. The van der Waals surface area contributed by atoms with Crippen molar-refractivity contribution in [2.75, 3.05) is 33.3 Å². The van der Waals surface area contributed by atoms with Gasteiger partial charge >= 0.3 is 0 Å². The zero-order chi connectivity index (χ0) is 20.9. The van der Waals surface area contributed by atoms with Crippen molar-refractivity contribution in [1.82, 2.24) is 20.5 Å². The molecular formula is C22H31N5O2. The van der Waals surface area contributed by atoms with E-state index in [0.29, 0.717) is 32.2 Å². The summed E-state index contributed by atoms with van der Waals surface area (Å²) in [5.74, 6) is 1.44. The van der Waals surface area contributed by atoms with Crippen LogP contribution in [0.4, 0.5) is 0 Å². The molecule has 2 N–H and O–H groups in total. The van der Waals surface area contributed by atoms with E-state index >= 15 is 0 Å². The lowest BCUT2D eigenvalue weighted by molar-refractivity contribution is -0.128. The predicted molar refractivity (Wildman–Crippen MR) is 116 cm³/mol. The lowest BCUT2D eigenvalue weighted by Gasteiger charge is -2.18. The molecule has 0 saturated heterocycles. The molecule has 2 rings (SSSR count). The van der Waals surface area contributed by atoms with E-state index in [9.17, 15) is 4.79 Å². The first kappa shape index (κ1) is 22.2. The van der Waals surface area contributed by atoms with Gasteiger partial charge in [-0.1, -0.05) is 24.3 Å². The number of hydrogen-bond acceptors (Lipinski definition) is 4. The fraction of sp³-hybridized carbons (Fsp3) is 0.409. The van der Waals surface area contributed by atoms with Gasteiger partial charge in [0.15, 0.2) is 5.96 Å². The molecule has 29 heavy (non-hydrogen) atoms. The molecular weight excluding hydrogens is 366 g/mol. The molecule has 0 aliphatic rings. The summed E-state index contributed by atoms with van der Waals surface area (Å²) in [7, 11) is 1.80. The Bertz CT molecular complexity index is 780. The highest BCUT2D eigenvalue weighted by molar-refractivity contribution is 5.86. The number of pyridine rings is 1. The van der Waals surface area contributed by atoms with Crippen LogP contribution in [0.25, 0.3) is 0 Å². The number of ether oxygens (including phenoxy) is 1. The van der Waals surface area contributed by atoms with Crippen molar-refractivity contribution in [1.29, 1.82) is 0 Å². The molecule has 0 saturated carbocycles. The molecule has 0 unspecified atom stereocenters. The van der Waals surface area contributed by atoms with Crippen LogP contribution in [0.2, 0.25) is 0 Å². The third-order valence-electron chi connectivity index (χ3n) is 4.29. The molecule has 156 valence electrons. The fourth-order valence-electron chi connectivity index (χ4n) is 2.68. The van der Waals surface area contributed by atoms with E-state index < -0.39 is 0 Å².